The highest BCUT2D eigenvalue weighted by molar-refractivity contribution is 8.00. The van der Waals surface area contributed by atoms with Gasteiger partial charge in [-0.25, -0.2) is 0 Å². The van der Waals surface area contributed by atoms with Crippen LogP contribution in [-0.2, 0) is 22.6 Å². The molecule has 0 saturated carbocycles. The average molecular weight is 390 g/mol. The first kappa shape index (κ1) is 21.0. The summed E-state index contributed by atoms with van der Waals surface area (Å²) in [7, 11) is 0. The average Bonchev–Trinajstić information content (AvgIpc) is 3.01. The van der Waals surface area contributed by atoms with Crippen molar-refractivity contribution in [2.45, 2.75) is 63.4 Å². The van der Waals surface area contributed by atoms with E-state index in [1.54, 1.807) is 0 Å². The third kappa shape index (κ3) is 5.82. The summed E-state index contributed by atoms with van der Waals surface area (Å²) in [6.07, 6.45) is 0.671. The minimum absolute atomic E-state index is 0.0957. The molecule has 8 heteroatoms. The molecule has 0 aliphatic rings. The van der Waals surface area contributed by atoms with Crippen LogP contribution in [0.2, 0.25) is 0 Å². The van der Waals surface area contributed by atoms with Gasteiger partial charge in [-0.1, -0.05) is 37.7 Å². The molecule has 146 valence electrons. The predicted molar refractivity (Wildman–Crippen MR) is 108 cm³/mol. The highest BCUT2D eigenvalue weighted by Crippen LogP contribution is 2.24. The Hall–Kier alpha value is -2.35. The number of aryl methyl sites for hydroxylation is 1. The molecule has 0 saturated heterocycles. The molecular weight excluding hydrogens is 362 g/mol. The first-order chi connectivity index (χ1) is 12.8. The van der Waals surface area contributed by atoms with Crippen molar-refractivity contribution >= 4 is 29.3 Å². The zero-order valence-electron chi connectivity index (χ0n) is 16.2. The van der Waals surface area contributed by atoms with Gasteiger partial charge in [0.15, 0.2) is 5.16 Å². The van der Waals surface area contributed by atoms with E-state index in [0.717, 1.165) is 5.69 Å². The number of amides is 2. The second-order valence-corrected chi connectivity index (χ2v) is 7.94. The fourth-order valence-electron chi connectivity index (χ4n) is 2.55. The maximum atomic E-state index is 12.5. The maximum absolute atomic E-state index is 12.5. The molecule has 27 heavy (non-hydrogen) atoms. The van der Waals surface area contributed by atoms with Gasteiger partial charge in [0.05, 0.1) is 5.25 Å². The summed E-state index contributed by atoms with van der Waals surface area (Å²) in [5.74, 6) is 0.691. The molecule has 2 amide bonds. The lowest BCUT2D eigenvalue weighted by Gasteiger charge is -2.13. The van der Waals surface area contributed by atoms with Crippen molar-refractivity contribution < 1.29 is 9.59 Å². The largest absolute Gasteiger partial charge is 0.370 e. The Labute approximate surface area is 164 Å². The van der Waals surface area contributed by atoms with E-state index in [1.165, 1.54) is 17.3 Å². The summed E-state index contributed by atoms with van der Waals surface area (Å²) in [4.78, 5) is 23.5. The van der Waals surface area contributed by atoms with Crippen LogP contribution in [0.5, 0.6) is 0 Å². The highest BCUT2D eigenvalue weighted by atomic mass is 32.2. The van der Waals surface area contributed by atoms with Gasteiger partial charge in [-0.2, -0.15) is 0 Å². The Morgan fingerprint density at radius 1 is 1.19 bits per heavy atom. The molecule has 1 aromatic heterocycles. The van der Waals surface area contributed by atoms with Crippen LogP contribution in [0.4, 0.5) is 5.69 Å². The van der Waals surface area contributed by atoms with E-state index in [2.05, 4.69) is 29.4 Å². The molecule has 0 bridgehead atoms. The summed E-state index contributed by atoms with van der Waals surface area (Å²) < 4.78 is 1.91. The van der Waals surface area contributed by atoms with E-state index < -0.39 is 0 Å². The second kappa shape index (κ2) is 9.55. The van der Waals surface area contributed by atoms with Crippen molar-refractivity contribution in [2.24, 2.45) is 5.73 Å². The smallest absolute Gasteiger partial charge is 0.237 e. The normalized spacial score (nSPS) is 12.2. The number of thioether (sulfide) groups is 1. The molecule has 2 rings (SSSR count). The van der Waals surface area contributed by atoms with E-state index in [9.17, 15) is 9.59 Å². The lowest BCUT2D eigenvalue weighted by molar-refractivity contribution is -0.118. The van der Waals surface area contributed by atoms with E-state index in [4.69, 9.17) is 5.73 Å². The van der Waals surface area contributed by atoms with Crippen LogP contribution in [0.3, 0.4) is 0 Å². The number of nitrogens with one attached hydrogen (secondary N) is 1. The number of nitrogens with zero attached hydrogens (tertiary/aromatic N) is 3. The summed E-state index contributed by atoms with van der Waals surface area (Å²) >= 11 is 1.35. The topological polar surface area (TPSA) is 103 Å². The van der Waals surface area contributed by atoms with Crippen LogP contribution in [0.15, 0.2) is 29.4 Å². The van der Waals surface area contributed by atoms with Crippen molar-refractivity contribution in [3.05, 3.63) is 35.7 Å². The van der Waals surface area contributed by atoms with Gasteiger partial charge in [-0.05, 0) is 37.5 Å². The van der Waals surface area contributed by atoms with Crippen molar-refractivity contribution in [3.63, 3.8) is 0 Å². The number of carbonyl (C=O) groups is 2. The molecule has 0 fully saturated rings. The van der Waals surface area contributed by atoms with Crippen molar-refractivity contribution in [1.82, 2.24) is 14.8 Å². The number of hydrogen-bond acceptors (Lipinski definition) is 5. The standard InChI is InChI=1S/C19H27N5O2S/c1-5-24-17(11-10-16(20)25)22-23-19(24)27-13(4)18(26)21-15-8-6-14(7-9-15)12(2)3/h6-9,12-13H,5,10-11H2,1-4H3,(H2,20,25)(H,21,26)/t13-/m0/s1. The highest BCUT2D eigenvalue weighted by Gasteiger charge is 2.20. The SMILES string of the molecule is CCn1c(CCC(N)=O)nnc1S[C@@H](C)C(=O)Nc1ccc(C(C)C)cc1. The molecule has 0 spiro atoms. The summed E-state index contributed by atoms with van der Waals surface area (Å²) in [5.41, 5.74) is 7.21. The molecule has 3 N–H and O–H groups in total. The molecule has 1 aromatic carbocycles. The number of aromatic nitrogens is 3. The number of nitrogens with two attached hydrogens (primary N) is 1. The number of hydrogen-bond donors (Lipinski definition) is 2. The van der Waals surface area contributed by atoms with E-state index in [-0.39, 0.29) is 23.5 Å². The van der Waals surface area contributed by atoms with Gasteiger partial charge in [-0.15, -0.1) is 10.2 Å². The second-order valence-electron chi connectivity index (χ2n) is 6.64. The fraction of sp³-hybridized carbons (Fsp3) is 0.474. The number of carbonyl (C=O) groups excluding carboxylic acids is 2. The van der Waals surface area contributed by atoms with E-state index in [0.29, 0.717) is 29.9 Å². The Morgan fingerprint density at radius 2 is 1.85 bits per heavy atom. The Bertz CT molecular complexity index is 786. The Balaban J connectivity index is 2.00. The van der Waals surface area contributed by atoms with Crippen LogP contribution in [0.25, 0.3) is 0 Å². The van der Waals surface area contributed by atoms with E-state index in [1.807, 2.05) is 42.7 Å². The lowest BCUT2D eigenvalue weighted by Crippen LogP contribution is -2.23. The number of primary amides is 1. The molecule has 2 aromatic rings. The Kier molecular flexibility index (Phi) is 7.41. The summed E-state index contributed by atoms with van der Waals surface area (Å²) in [5, 5.41) is 11.6. The summed E-state index contributed by atoms with van der Waals surface area (Å²) in [6.45, 7) is 8.73. The fourth-order valence-corrected chi connectivity index (χ4v) is 3.48. The van der Waals surface area contributed by atoms with Crippen LogP contribution in [0.1, 0.15) is 51.4 Å². The molecule has 0 radical (unpaired) electrons. The molecule has 7 nitrogen and oxygen atoms in total. The molecule has 0 aliphatic carbocycles. The molecule has 1 atom stereocenters. The number of anilines is 1. The summed E-state index contributed by atoms with van der Waals surface area (Å²) in [6, 6.07) is 7.88. The van der Waals surface area contributed by atoms with Crippen molar-refractivity contribution in [3.8, 4) is 0 Å². The van der Waals surface area contributed by atoms with Gasteiger partial charge in [-0.3, -0.25) is 9.59 Å². The van der Waals surface area contributed by atoms with Gasteiger partial charge in [0.2, 0.25) is 11.8 Å². The number of benzene rings is 1. The zero-order valence-corrected chi connectivity index (χ0v) is 17.0. The quantitative estimate of drug-likeness (QED) is 0.642. The van der Waals surface area contributed by atoms with Gasteiger partial charge < -0.3 is 15.6 Å². The van der Waals surface area contributed by atoms with Crippen LogP contribution in [0, 0.1) is 0 Å². The molecule has 0 unspecified atom stereocenters. The Morgan fingerprint density at radius 3 is 2.41 bits per heavy atom. The zero-order chi connectivity index (χ0) is 20.0. The van der Waals surface area contributed by atoms with Gasteiger partial charge in [0, 0.05) is 25.1 Å². The molecule has 1 heterocycles. The van der Waals surface area contributed by atoms with Crippen LogP contribution in [-0.4, -0.2) is 31.8 Å². The van der Waals surface area contributed by atoms with Crippen molar-refractivity contribution in [2.75, 3.05) is 5.32 Å². The van der Waals surface area contributed by atoms with Crippen LogP contribution < -0.4 is 11.1 Å². The molecule has 0 aliphatic heterocycles. The number of rotatable bonds is 9. The third-order valence-corrected chi connectivity index (χ3v) is 5.28. The van der Waals surface area contributed by atoms with Crippen molar-refractivity contribution in [1.29, 1.82) is 0 Å². The molecular formula is C19H27N5O2S. The van der Waals surface area contributed by atoms with Gasteiger partial charge in [0.1, 0.15) is 5.82 Å². The monoisotopic (exact) mass is 389 g/mol. The first-order valence-corrected chi connectivity index (χ1v) is 9.97. The van der Waals surface area contributed by atoms with Crippen LogP contribution >= 0.6 is 11.8 Å². The predicted octanol–water partition coefficient (Wildman–Crippen LogP) is 2.96. The van der Waals surface area contributed by atoms with E-state index >= 15 is 0 Å². The maximum Gasteiger partial charge on any atom is 0.237 e. The van der Waals surface area contributed by atoms with Gasteiger partial charge in [0.25, 0.3) is 0 Å². The van der Waals surface area contributed by atoms with Gasteiger partial charge >= 0.3 is 0 Å². The lowest BCUT2D eigenvalue weighted by atomic mass is 10.0. The minimum atomic E-state index is -0.369. The first-order valence-electron chi connectivity index (χ1n) is 9.09. The minimum Gasteiger partial charge on any atom is -0.370 e. The third-order valence-electron chi connectivity index (χ3n) is 4.20.